The first-order valence-electron chi connectivity index (χ1n) is 6.85. The summed E-state index contributed by atoms with van der Waals surface area (Å²) in [6.07, 6.45) is 0. The van der Waals surface area contributed by atoms with Crippen LogP contribution in [-0.2, 0) is 9.53 Å². The first-order chi connectivity index (χ1) is 11.0. The molecule has 0 fully saturated rings. The topological polar surface area (TPSA) is 77.8 Å². The number of hydrogen-bond donors (Lipinski definition) is 1. The number of methoxy groups -OCH3 is 1. The average Bonchev–Trinajstić information content (AvgIpc) is 2.99. The summed E-state index contributed by atoms with van der Waals surface area (Å²) in [5, 5.41) is 2.75. The summed E-state index contributed by atoms with van der Waals surface area (Å²) in [6.45, 7) is 1.46. The molecule has 1 atom stereocenters. The second kappa shape index (κ2) is 7.82. The van der Waals surface area contributed by atoms with E-state index in [1.165, 1.54) is 6.07 Å². The molecule has 122 valence electrons. The van der Waals surface area contributed by atoms with Crippen LogP contribution in [0.3, 0.4) is 0 Å². The molecule has 0 spiro atoms. The van der Waals surface area contributed by atoms with E-state index in [9.17, 15) is 9.59 Å². The molecule has 0 saturated heterocycles. The van der Waals surface area contributed by atoms with E-state index in [0.717, 1.165) is 11.3 Å². The molecule has 1 heterocycles. The maximum atomic E-state index is 11.8. The Hall–Kier alpha value is -2.28. The lowest BCUT2D eigenvalue weighted by atomic mass is 10.1. The molecule has 1 aromatic heterocycles. The minimum atomic E-state index is -0.692. The van der Waals surface area contributed by atoms with Crippen molar-refractivity contribution in [3.8, 4) is 5.75 Å². The van der Waals surface area contributed by atoms with E-state index in [-0.39, 0.29) is 18.4 Å². The maximum Gasteiger partial charge on any atom is 0.374 e. The third-order valence-corrected chi connectivity index (χ3v) is 3.53. The molecule has 0 aliphatic carbocycles. The molecule has 0 unspecified atom stereocenters. The number of hydrogen-bond acceptors (Lipinski definition) is 5. The van der Waals surface area contributed by atoms with Crippen molar-refractivity contribution >= 4 is 27.8 Å². The van der Waals surface area contributed by atoms with Crippen LogP contribution in [0.2, 0.25) is 0 Å². The lowest BCUT2D eigenvalue weighted by Gasteiger charge is -2.14. The van der Waals surface area contributed by atoms with Crippen molar-refractivity contribution in [2.75, 3.05) is 13.7 Å². The molecule has 1 aromatic carbocycles. The molecule has 2 rings (SSSR count). The van der Waals surface area contributed by atoms with E-state index in [1.807, 2.05) is 31.2 Å². The van der Waals surface area contributed by atoms with Crippen LogP contribution in [0.4, 0.5) is 0 Å². The van der Waals surface area contributed by atoms with Crippen LogP contribution in [0.5, 0.6) is 5.75 Å². The minimum absolute atomic E-state index is 0.0351. The molecule has 0 saturated carbocycles. The number of furan rings is 1. The number of carbonyl (C=O) groups excluding carboxylic acids is 2. The third-order valence-electron chi connectivity index (χ3n) is 3.10. The van der Waals surface area contributed by atoms with Crippen molar-refractivity contribution in [2.24, 2.45) is 0 Å². The molecule has 0 radical (unpaired) electrons. The Morgan fingerprint density at radius 2 is 1.91 bits per heavy atom. The van der Waals surface area contributed by atoms with Gasteiger partial charge in [-0.1, -0.05) is 12.1 Å². The fourth-order valence-electron chi connectivity index (χ4n) is 1.89. The van der Waals surface area contributed by atoms with Gasteiger partial charge in [-0.2, -0.15) is 0 Å². The van der Waals surface area contributed by atoms with E-state index < -0.39 is 11.9 Å². The molecule has 23 heavy (non-hydrogen) atoms. The largest absolute Gasteiger partial charge is 0.497 e. The number of carbonyl (C=O) groups is 2. The Morgan fingerprint density at radius 3 is 2.48 bits per heavy atom. The van der Waals surface area contributed by atoms with Crippen LogP contribution in [0.15, 0.2) is 45.5 Å². The van der Waals surface area contributed by atoms with E-state index in [1.54, 1.807) is 13.2 Å². The zero-order valence-corrected chi connectivity index (χ0v) is 14.3. The number of esters is 1. The summed E-state index contributed by atoms with van der Waals surface area (Å²) in [7, 11) is 1.59. The van der Waals surface area contributed by atoms with Gasteiger partial charge in [-0.3, -0.25) is 4.79 Å². The smallest absolute Gasteiger partial charge is 0.374 e. The van der Waals surface area contributed by atoms with Gasteiger partial charge in [0.2, 0.25) is 5.76 Å². The number of halogens is 1. The standard InChI is InChI=1S/C16H16BrNO5/c1-10(11-3-5-12(21-2)6-4-11)18-15(19)9-22-16(20)13-7-8-14(17)23-13/h3-8,10H,9H2,1-2H3,(H,18,19)/t10-/m0/s1. The van der Waals surface area contributed by atoms with Crippen molar-refractivity contribution in [1.29, 1.82) is 0 Å². The lowest BCUT2D eigenvalue weighted by Crippen LogP contribution is -2.31. The second-order valence-electron chi connectivity index (χ2n) is 4.74. The summed E-state index contributed by atoms with van der Waals surface area (Å²) >= 11 is 3.09. The Bertz CT molecular complexity index is 680. The van der Waals surface area contributed by atoms with Crippen LogP contribution in [0.1, 0.15) is 29.1 Å². The van der Waals surface area contributed by atoms with E-state index >= 15 is 0 Å². The molecule has 2 aromatic rings. The van der Waals surface area contributed by atoms with Gasteiger partial charge in [0.1, 0.15) is 5.75 Å². The zero-order chi connectivity index (χ0) is 16.8. The summed E-state index contributed by atoms with van der Waals surface area (Å²) in [4.78, 5) is 23.5. The summed E-state index contributed by atoms with van der Waals surface area (Å²) in [6, 6.07) is 10.2. The first kappa shape index (κ1) is 17.1. The monoisotopic (exact) mass is 381 g/mol. The van der Waals surface area contributed by atoms with Gasteiger partial charge < -0.3 is 19.2 Å². The number of benzene rings is 1. The Morgan fingerprint density at radius 1 is 1.22 bits per heavy atom. The van der Waals surface area contributed by atoms with Crippen molar-refractivity contribution in [3.63, 3.8) is 0 Å². The fourth-order valence-corrected chi connectivity index (χ4v) is 2.19. The van der Waals surface area contributed by atoms with E-state index in [2.05, 4.69) is 21.2 Å². The normalized spacial score (nSPS) is 11.6. The van der Waals surface area contributed by atoms with Gasteiger partial charge in [-0.15, -0.1) is 0 Å². The van der Waals surface area contributed by atoms with Crippen LogP contribution in [0, 0.1) is 0 Å². The quantitative estimate of drug-likeness (QED) is 0.777. The number of amides is 1. The summed E-state index contributed by atoms with van der Waals surface area (Å²) in [5.41, 5.74) is 0.917. The summed E-state index contributed by atoms with van der Waals surface area (Å²) < 4.78 is 15.4. The van der Waals surface area contributed by atoms with Crippen LogP contribution in [-0.4, -0.2) is 25.6 Å². The summed E-state index contributed by atoms with van der Waals surface area (Å²) in [5.74, 6) is -0.311. The van der Waals surface area contributed by atoms with Crippen molar-refractivity contribution in [3.05, 3.63) is 52.4 Å². The zero-order valence-electron chi connectivity index (χ0n) is 12.7. The van der Waals surface area contributed by atoms with E-state index in [4.69, 9.17) is 13.9 Å². The fraction of sp³-hybridized carbons (Fsp3) is 0.250. The first-order valence-corrected chi connectivity index (χ1v) is 7.64. The number of rotatable bonds is 6. The van der Waals surface area contributed by atoms with Crippen LogP contribution < -0.4 is 10.1 Å². The van der Waals surface area contributed by atoms with Crippen molar-refractivity contribution in [2.45, 2.75) is 13.0 Å². The maximum absolute atomic E-state index is 11.8. The second-order valence-corrected chi connectivity index (χ2v) is 5.52. The van der Waals surface area contributed by atoms with Crippen LogP contribution in [0.25, 0.3) is 0 Å². The predicted octanol–water partition coefficient (Wildman–Crippen LogP) is 3.08. The van der Waals surface area contributed by atoms with Crippen LogP contribution >= 0.6 is 15.9 Å². The highest BCUT2D eigenvalue weighted by atomic mass is 79.9. The SMILES string of the molecule is COc1ccc([C@H](C)NC(=O)COC(=O)c2ccc(Br)o2)cc1. The van der Waals surface area contributed by atoms with Gasteiger partial charge in [0.25, 0.3) is 5.91 Å². The number of nitrogens with one attached hydrogen (secondary N) is 1. The van der Waals surface area contributed by atoms with E-state index in [0.29, 0.717) is 4.67 Å². The molecule has 6 nitrogen and oxygen atoms in total. The molecule has 1 amide bonds. The lowest BCUT2D eigenvalue weighted by molar-refractivity contribution is -0.124. The molecule has 0 bridgehead atoms. The third kappa shape index (κ3) is 4.85. The molecule has 0 aliphatic rings. The molecule has 7 heteroatoms. The van der Waals surface area contributed by atoms with Gasteiger partial charge in [0, 0.05) is 0 Å². The highest BCUT2D eigenvalue weighted by Gasteiger charge is 2.15. The van der Waals surface area contributed by atoms with Crippen molar-refractivity contribution < 1.29 is 23.5 Å². The molecule has 0 aliphatic heterocycles. The minimum Gasteiger partial charge on any atom is -0.497 e. The van der Waals surface area contributed by atoms with Gasteiger partial charge >= 0.3 is 5.97 Å². The highest BCUT2D eigenvalue weighted by molar-refractivity contribution is 9.10. The van der Waals surface area contributed by atoms with Gasteiger partial charge in [-0.05, 0) is 52.7 Å². The Kier molecular flexibility index (Phi) is 5.81. The highest BCUT2D eigenvalue weighted by Crippen LogP contribution is 2.17. The van der Waals surface area contributed by atoms with Crippen molar-refractivity contribution in [1.82, 2.24) is 5.32 Å². The Labute approximate surface area is 141 Å². The van der Waals surface area contributed by atoms with Gasteiger partial charge in [0.15, 0.2) is 11.3 Å². The predicted molar refractivity (Wildman–Crippen MR) is 86.2 cm³/mol. The molecular weight excluding hydrogens is 366 g/mol. The number of ether oxygens (including phenoxy) is 2. The van der Waals surface area contributed by atoms with Gasteiger partial charge in [-0.25, -0.2) is 4.79 Å². The molecule has 1 N–H and O–H groups in total. The van der Waals surface area contributed by atoms with Gasteiger partial charge in [0.05, 0.1) is 13.2 Å². The average molecular weight is 382 g/mol. The Balaban J connectivity index is 1.82. The molecular formula is C16H16BrNO5.